The topological polar surface area (TPSA) is 101 Å². The van der Waals surface area contributed by atoms with Crippen LogP contribution in [0.25, 0.3) is 5.78 Å². The molecule has 0 spiro atoms. The summed E-state index contributed by atoms with van der Waals surface area (Å²) in [5.41, 5.74) is 1.76. The molecule has 0 saturated carbocycles. The minimum atomic E-state index is -0.469. The summed E-state index contributed by atoms with van der Waals surface area (Å²) < 4.78 is 1.50. The number of nitrogens with zero attached hydrogens (tertiary/aromatic N) is 4. The van der Waals surface area contributed by atoms with Gasteiger partial charge in [0.1, 0.15) is 0 Å². The molecule has 0 unspecified atom stereocenters. The Hall–Kier alpha value is -3.29. The SMILES string of the molecule is CNC(=O)c1cccc(NC(=O)c2nc3nccc(C)n3n2)c1. The van der Waals surface area contributed by atoms with E-state index in [1.807, 2.05) is 6.92 Å². The molecule has 0 aliphatic heterocycles. The zero-order chi connectivity index (χ0) is 16.4. The first-order valence-electron chi connectivity index (χ1n) is 6.90. The van der Waals surface area contributed by atoms with Gasteiger partial charge < -0.3 is 10.6 Å². The predicted molar refractivity (Wildman–Crippen MR) is 83.3 cm³/mol. The first-order chi connectivity index (χ1) is 11.1. The van der Waals surface area contributed by atoms with Crippen LogP contribution >= 0.6 is 0 Å². The lowest BCUT2D eigenvalue weighted by molar-refractivity contribution is 0.0961. The predicted octanol–water partition coefficient (Wildman–Crippen LogP) is 1.04. The molecule has 116 valence electrons. The van der Waals surface area contributed by atoms with Crippen molar-refractivity contribution >= 4 is 23.3 Å². The van der Waals surface area contributed by atoms with E-state index in [1.54, 1.807) is 43.6 Å². The molecule has 0 aliphatic carbocycles. The summed E-state index contributed by atoms with van der Waals surface area (Å²) in [5, 5.41) is 9.34. The summed E-state index contributed by atoms with van der Waals surface area (Å²) in [6, 6.07) is 8.38. The fourth-order valence-corrected chi connectivity index (χ4v) is 2.07. The van der Waals surface area contributed by atoms with Crippen LogP contribution in [0.4, 0.5) is 5.69 Å². The third-order valence-corrected chi connectivity index (χ3v) is 3.24. The second-order valence-corrected chi connectivity index (χ2v) is 4.85. The van der Waals surface area contributed by atoms with E-state index in [-0.39, 0.29) is 11.7 Å². The van der Waals surface area contributed by atoms with Crippen LogP contribution in [0.15, 0.2) is 36.5 Å². The molecule has 23 heavy (non-hydrogen) atoms. The van der Waals surface area contributed by atoms with Crippen LogP contribution in [0.1, 0.15) is 26.7 Å². The number of carbonyl (C=O) groups excluding carboxylic acids is 2. The van der Waals surface area contributed by atoms with Crippen molar-refractivity contribution in [1.29, 1.82) is 0 Å². The molecule has 0 atom stereocenters. The highest BCUT2D eigenvalue weighted by Crippen LogP contribution is 2.12. The number of benzene rings is 1. The number of hydrogen-bond donors (Lipinski definition) is 2. The van der Waals surface area contributed by atoms with Gasteiger partial charge in [-0.15, -0.1) is 5.10 Å². The first-order valence-corrected chi connectivity index (χ1v) is 6.90. The van der Waals surface area contributed by atoms with E-state index in [0.717, 1.165) is 5.69 Å². The molecule has 8 heteroatoms. The van der Waals surface area contributed by atoms with Gasteiger partial charge in [-0.3, -0.25) is 9.59 Å². The number of carbonyl (C=O) groups is 2. The van der Waals surface area contributed by atoms with Crippen LogP contribution in [-0.2, 0) is 0 Å². The number of rotatable bonds is 3. The van der Waals surface area contributed by atoms with Crippen LogP contribution in [0.2, 0.25) is 0 Å². The Kier molecular flexibility index (Phi) is 3.71. The van der Waals surface area contributed by atoms with Gasteiger partial charge in [-0.2, -0.15) is 4.98 Å². The number of fused-ring (bicyclic) bond motifs is 1. The van der Waals surface area contributed by atoms with Crippen LogP contribution < -0.4 is 10.6 Å². The molecule has 0 bridgehead atoms. The standard InChI is InChI=1S/C15H14N6O2/c1-9-6-7-17-15-19-12(20-21(9)15)14(23)18-11-5-3-4-10(8-11)13(22)16-2/h3-8H,1-2H3,(H,16,22)(H,18,23). The Morgan fingerprint density at radius 2 is 2.00 bits per heavy atom. The molecule has 2 heterocycles. The number of aryl methyl sites for hydroxylation is 1. The molecule has 0 aliphatic rings. The summed E-state index contributed by atoms with van der Waals surface area (Å²) in [5.74, 6) is -0.331. The lowest BCUT2D eigenvalue weighted by Gasteiger charge is -2.05. The normalized spacial score (nSPS) is 10.5. The smallest absolute Gasteiger partial charge is 0.295 e. The fourth-order valence-electron chi connectivity index (χ4n) is 2.07. The number of amides is 2. The van der Waals surface area contributed by atoms with Gasteiger partial charge in [0.05, 0.1) is 0 Å². The first kappa shape index (κ1) is 14.6. The molecular weight excluding hydrogens is 296 g/mol. The third-order valence-electron chi connectivity index (χ3n) is 3.24. The minimum absolute atomic E-state index is 0.0112. The second kappa shape index (κ2) is 5.84. The van der Waals surface area contributed by atoms with Gasteiger partial charge in [0.25, 0.3) is 17.6 Å². The molecule has 2 aromatic heterocycles. The van der Waals surface area contributed by atoms with E-state index in [4.69, 9.17) is 0 Å². The Labute approximate surface area is 131 Å². The largest absolute Gasteiger partial charge is 0.355 e. The molecule has 3 rings (SSSR count). The van der Waals surface area contributed by atoms with Gasteiger partial charge in [-0.1, -0.05) is 6.07 Å². The Bertz CT molecular complexity index is 902. The fraction of sp³-hybridized carbons (Fsp3) is 0.133. The molecule has 2 amide bonds. The average molecular weight is 310 g/mol. The van der Waals surface area contributed by atoms with E-state index in [9.17, 15) is 9.59 Å². The van der Waals surface area contributed by atoms with Gasteiger partial charge in [0, 0.05) is 30.2 Å². The molecule has 0 radical (unpaired) electrons. The van der Waals surface area contributed by atoms with Crippen molar-refractivity contribution in [2.45, 2.75) is 6.92 Å². The van der Waals surface area contributed by atoms with Crippen LogP contribution in [0, 0.1) is 6.92 Å². The molecule has 1 aromatic carbocycles. The number of hydrogen-bond acceptors (Lipinski definition) is 5. The van der Waals surface area contributed by atoms with Crippen molar-refractivity contribution in [3.63, 3.8) is 0 Å². The van der Waals surface area contributed by atoms with Gasteiger partial charge >= 0.3 is 0 Å². The van der Waals surface area contributed by atoms with E-state index in [1.165, 1.54) is 4.52 Å². The molecular formula is C15H14N6O2. The van der Waals surface area contributed by atoms with Crippen molar-refractivity contribution in [3.05, 3.63) is 53.6 Å². The monoisotopic (exact) mass is 310 g/mol. The Morgan fingerprint density at radius 1 is 1.17 bits per heavy atom. The van der Waals surface area contributed by atoms with Gasteiger partial charge in [0.2, 0.25) is 5.82 Å². The summed E-state index contributed by atoms with van der Waals surface area (Å²) in [6.45, 7) is 1.85. The van der Waals surface area contributed by atoms with E-state index >= 15 is 0 Å². The van der Waals surface area contributed by atoms with Crippen molar-refractivity contribution in [3.8, 4) is 0 Å². The van der Waals surface area contributed by atoms with Crippen molar-refractivity contribution in [2.75, 3.05) is 12.4 Å². The Balaban J connectivity index is 1.86. The highest BCUT2D eigenvalue weighted by atomic mass is 16.2. The zero-order valence-corrected chi connectivity index (χ0v) is 12.6. The highest BCUT2D eigenvalue weighted by Gasteiger charge is 2.15. The number of nitrogens with one attached hydrogen (secondary N) is 2. The van der Waals surface area contributed by atoms with Crippen molar-refractivity contribution in [2.24, 2.45) is 0 Å². The van der Waals surface area contributed by atoms with Crippen LogP contribution in [0.3, 0.4) is 0 Å². The Morgan fingerprint density at radius 3 is 2.74 bits per heavy atom. The number of aromatic nitrogens is 4. The van der Waals surface area contributed by atoms with Crippen molar-refractivity contribution < 1.29 is 9.59 Å². The summed E-state index contributed by atoms with van der Waals surface area (Å²) >= 11 is 0. The molecule has 2 N–H and O–H groups in total. The van der Waals surface area contributed by atoms with Crippen LogP contribution in [-0.4, -0.2) is 38.4 Å². The maximum absolute atomic E-state index is 12.3. The van der Waals surface area contributed by atoms with E-state index < -0.39 is 5.91 Å². The third kappa shape index (κ3) is 2.86. The lowest BCUT2D eigenvalue weighted by Crippen LogP contribution is -2.18. The summed E-state index contributed by atoms with van der Waals surface area (Å²) in [7, 11) is 1.55. The minimum Gasteiger partial charge on any atom is -0.355 e. The van der Waals surface area contributed by atoms with Crippen molar-refractivity contribution in [1.82, 2.24) is 24.9 Å². The van der Waals surface area contributed by atoms with Crippen LogP contribution in [0.5, 0.6) is 0 Å². The highest BCUT2D eigenvalue weighted by molar-refractivity contribution is 6.03. The maximum atomic E-state index is 12.3. The molecule has 3 aromatic rings. The molecule has 8 nitrogen and oxygen atoms in total. The quantitative estimate of drug-likeness (QED) is 0.753. The average Bonchev–Trinajstić information content (AvgIpc) is 3.00. The van der Waals surface area contributed by atoms with E-state index in [2.05, 4.69) is 25.7 Å². The zero-order valence-electron chi connectivity index (χ0n) is 12.6. The number of anilines is 1. The molecule has 0 saturated heterocycles. The van der Waals surface area contributed by atoms with E-state index in [0.29, 0.717) is 17.0 Å². The van der Waals surface area contributed by atoms with Gasteiger partial charge in [0.15, 0.2) is 0 Å². The maximum Gasteiger partial charge on any atom is 0.295 e. The summed E-state index contributed by atoms with van der Waals surface area (Å²) in [4.78, 5) is 32.0. The summed E-state index contributed by atoms with van der Waals surface area (Å²) in [6.07, 6.45) is 1.61. The van der Waals surface area contributed by atoms with Gasteiger partial charge in [-0.25, -0.2) is 9.50 Å². The van der Waals surface area contributed by atoms with Gasteiger partial charge in [-0.05, 0) is 31.2 Å². The lowest BCUT2D eigenvalue weighted by atomic mass is 10.2. The molecule has 0 fully saturated rings. The second-order valence-electron chi connectivity index (χ2n) is 4.85.